The van der Waals surface area contributed by atoms with Gasteiger partial charge >= 0.3 is 0 Å². The van der Waals surface area contributed by atoms with Crippen molar-refractivity contribution in [3.8, 4) is 11.5 Å². The predicted molar refractivity (Wildman–Crippen MR) is 130 cm³/mol. The summed E-state index contributed by atoms with van der Waals surface area (Å²) in [4.78, 5) is 52.8. The summed E-state index contributed by atoms with van der Waals surface area (Å²) in [6.45, 7) is 0. The number of fused-ring (bicyclic) bond motifs is 1. The van der Waals surface area contributed by atoms with Crippen LogP contribution in [0, 0.1) is 0 Å². The molecule has 1 aliphatic heterocycles. The molecule has 1 aromatic heterocycles. The Morgan fingerprint density at radius 1 is 0.600 bits per heavy atom. The number of hydrogen-bond acceptors (Lipinski definition) is 6. The summed E-state index contributed by atoms with van der Waals surface area (Å²) < 4.78 is 10.4. The fourth-order valence-corrected chi connectivity index (χ4v) is 4.12. The van der Waals surface area contributed by atoms with Gasteiger partial charge in [0.15, 0.2) is 0 Å². The number of H-pyrrole nitrogens is 2. The molecule has 0 spiro atoms. The Hall–Kier alpha value is -4.92. The van der Waals surface area contributed by atoms with Crippen molar-refractivity contribution in [2.75, 3.05) is 19.1 Å². The van der Waals surface area contributed by atoms with E-state index in [1.54, 1.807) is 48.5 Å². The smallest absolute Gasteiger partial charge is 0.270 e. The maximum absolute atomic E-state index is 13.7. The lowest BCUT2D eigenvalue weighted by atomic mass is 9.96. The summed E-state index contributed by atoms with van der Waals surface area (Å²) in [7, 11) is 3.07. The third kappa shape index (κ3) is 3.59. The SMILES string of the molecule is COc1ccc(C2=C(c3ccc(OC)cc3)C(=O)N(c3ccc4c(=O)[nH][nH]c(=O)c4c3)C2=O)cc1. The van der Waals surface area contributed by atoms with E-state index in [0.717, 1.165) is 4.90 Å². The van der Waals surface area contributed by atoms with Gasteiger partial charge in [-0.25, -0.2) is 4.90 Å². The van der Waals surface area contributed by atoms with E-state index >= 15 is 0 Å². The second-order valence-corrected chi connectivity index (χ2v) is 7.79. The van der Waals surface area contributed by atoms with Gasteiger partial charge in [0.1, 0.15) is 11.5 Å². The van der Waals surface area contributed by atoms with Gasteiger partial charge in [0, 0.05) is 0 Å². The van der Waals surface area contributed by atoms with Gasteiger partial charge in [-0.2, -0.15) is 0 Å². The number of nitrogens with zero attached hydrogens (tertiary/aromatic N) is 1. The van der Waals surface area contributed by atoms with E-state index in [1.165, 1.54) is 32.4 Å². The number of carbonyl (C=O) groups excluding carboxylic acids is 2. The number of benzene rings is 3. The fraction of sp³-hybridized carbons (Fsp3) is 0.0769. The lowest BCUT2D eigenvalue weighted by Crippen LogP contribution is -2.31. The summed E-state index contributed by atoms with van der Waals surface area (Å²) in [6.07, 6.45) is 0. The molecule has 0 unspecified atom stereocenters. The number of hydrogen-bond donors (Lipinski definition) is 2. The van der Waals surface area contributed by atoms with Crippen LogP contribution in [0.25, 0.3) is 21.9 Å². The third-order valence-corrected chi connectivity index (χ3v) is 5.88. The van der Waals surface area contributed by atoms with Crippen LogP contribution in [-0.2, 0) is 9.59 Å². The molecule has 35 heavy (non-hydrogen) atoms. The first kappa shape index (κ1) is 21.9. The molecule has 0 aliphatic carbocycles. The third-order valence-electron chi connectivity index (χ3n) is 5.88. The molecular formula is C26H19N3O6. The zero-order valence-electron chi connectivity index (χ0n) is 18.7. The lowest BCUT2D eigenvalue weighted by molar-refractivity contribution is -0.119. The highest BCUT2D eigenvalue weighted by molar-refractivity contribution is 6.57. The molecule has 2 N–H and O–H groups in total. The van der Waals surface area contributed by atoms with Crippen LogP contribution in [0.3, 0.4) is 0 Å². The van der Waals surface area contributed by atoms with E-state index < -0.39 is 22.9 Å². The van der Waals surface area contributed by atoms with E-state index in [2.05, 4.69) is 10.2 Å². The summed E-state index contributed by atoms with van der Waals surface area (Å²) in [6, 6.07) is 17.9. The Balaban J connectivity index is 1.69. The molecule has 2 amide bonds. The molecule has 5 rings (SSSR count). The summed E-state index contributed by atoms with van der Waals surface area (Å²) in [5, 5.41) is 4.73. The molecule has 9 heteroatoms. The number of imide groups is 1. The van der Waals surface area contributed by atoms with Crippen molar-refractivity contribution in [1.29, 1.82) is 0 Å². The second-order valence-electron chi connectivity index (χ2n) is 7.79. The van der Waals surface area contributed by atoms with Crippen molar-refractivity contribution < 1.29 is 19.1 Å². The highest BCUT2D eigenvalue weighted by Crippen LogP contribution is 2.39. The Morgan fingerprint density at radius 3 is 1.51 bits per heavy atom. The highest BCUT2D eigenvalue weighted by Gasteiger charge is 2.40. The number of nitrogens with one attached hydrogen (secondary N) is 2. The van der Waals surface area contributed by atoms with E-state index in [0.29, 0.717) is 22.6 Å². The minimum Gasteiger partial charge on any atom is -0.497 e. The van der Waals surface area contributed by atoms with Crippen molar-refractivity contribution in [3.63, 3.8) is 0 Å². The Kier molecular flexibility index (Phi) is 5.29. The van der Waals surface area contributed by atoms with Crippen LogP contribution < -0.4 is 25.5 Å². The lowest BCUT2D eigenvalue weighted by Gasteiger charge is -2.16. The largest absolute Gasteiger partial charge is 0.497 e. The van der Waals surface area contributed by atoms with Gasteiger partial charge in [-0.05, 0) is 53.6 Å². The molecule has 0 saturated heterocycles. The van der Waals surface area contributed by atoms with Crippen molar-refractivity contribution in [3.05, 3.63) is 98.6 Å². The number of carbonyl (C=O) groups is 2. The molecule has 9 nitrogen and oxygen atoms in total. The topological polar surface area (TPSA) is 122 Å². The first-order chi connectivity index (χ1) is 16.9. The quantitative estimate of drug-likeness (QED) is 0.434. The van der Waals surface area contributed by atoms with Crippen LogP contribution in [0.15, 0.2) is 76.3 Å². The molecule has 2 heterocycles. The van der Waals surface area contributed by atoms with Gasteiger partial charge < -0.3 is 9.47 Å². The molecule has 0 saturated carbocycles. The van der Waals surface area contributed by atoms with E-state index in [1.807, 2.05) is 0 Å². The standard InChI is InChI=1S/C26H19N3O6/c1-34-17-8-3-14(4-9-17)21-22(15-5-10-18(35-2)11-6-15)26(33)29(25(21)32)16-7-12-19-20(13-16)24(31)28-27-23(19)30/h3-13H,1-2H3,(H,27,30)(H,28,31). The molecular weight excluding hydrogens is 450 g/mol. The van der Waals surface area contributed by atoms with Crippen LogP contribution in [0.4, 0.5) is 5.69 Å². The first-order valence-corrected chi connectivity index (χ1v) is 10.6. The molecule has 3 aromatic carbocycles. The van der Waals surface area contributed by atoms with Crippen molar-refractivity contribution in [1.82, 2.24) is 10.2 Å². The molecule has 4 aromatic rings. The van der Waals surface area contributed by atoms with Gasteiger partial charge in [0.25, 0.3) is 22.9 Å². The van der Waals surface area contributed by atoms with Gasteiger partial charge in [-0.15, -0.1) is 0 Å². The minimum atomic E-state index is -0.549. The number of anilines is 1. The van der Waals surface area contributed by atoms with Gasteiger partial charge in [-0.3, -0.25) is 29.4 Å². The fourth-order valence-electron chi connectivity index (χ4n) is 4.12. The van der Waals surface area contributed by atoms with Crippen molar-refractivity contribution in [2.24, 2.45) is 0 Å². The normalized spacial score (nSPS) is 13.6. The first-order valence-electron chi connectivity index (χ1n) is 10.6. The number of amides is 2. The number of aromatic nitrogens is 2. The number of methoxy groups -OCH3 is 2. The molecule has 0 atom stereocenters. The van der Waals surface area contributed by atoms with Gasteiger partial charge in [0.2, 0.25) is 0 Å². The Bertz CT molecular complexity index is 1560. The maximum Gasteiger partial charge on any atom is 0.270 e. The number of ether oxygens (including phenoxy) is 2. The summed E-state index contributed by atoms with van der Waals surface area (Å²) in [5.74, 6) is 0.110. The summed E-state index contributed by atoms with van der Waals surface area (Å²) >= 11 is 0. The average molecular weight is 469 g/mol. The predicted octanol–water partition coefficient (Wildman–Crippen LogP) is 2.72. The molecule has 174 valence electrons. The minimum absolute atomic E-state index is 0.0655. The molecule has 0 fully saturated rings. The Labute approximate surface area is 198 Å². The van der Waals surface area contributed by atoms with Crippen LogP contribution >= 0.6 is 0 Å². The van der Waals surface area contributed by atoms with Crippen molar-refractivity contribution >= 4 is 39.4 Å². The second kappa shape index (κ2) is 8.45. The zero-order chi connectivity index (χ0) is 24.7. The van der Waals surface area contributed by atoms with E-state index in [-0.39, 0.29) is 27.6 Å². The molecule has 0 bridgehead atoms. The average Bonchev–Trinajstić information content (AvgIpc) is 3.15. The number of aromatic amines is 2. The highest BCUT2D eigenvalue weighted by atomic mass is 16.5. The molecule has 0 radical (unpaired) electrons. The van der Waals surface area contributed by atoms with Gasteiger partial charge in [-0.1, -0.05) is 24.3 Å². The van der Waals surface area contributed by atoms with Crippen LogP contribution in [0.5, 0.6) is 11.5 Å². The van der Waals surface area contributed by atoms with Crippen LogP contribution in [-0.4, -0.2) is 36.2 Å². The van der Waals surface area contributed by atoms with E-state index in [4.69, 9.17) is 9.47 Å². The van der Waals surface area contributed by atoms with Crippen molar-refractivity contribution in [2.45, 2.75) is 0 Å². The summed E-state index contributed by atoms with van der Waals surface area (Å²) in [5.41, 5.74) is 0.643. The van der Waals surface area contributed by atoms with Gasteiger partial charge in [0.05, 0.1) is 41.8 Å². The maximum atomic E-state index is 13.7. The Morgan fingerprint density at radius 2 is 1.06 bits per heavy atom. The van der Waals surface area contributed by atoms with E-state index in [9.17, 15) is 19.2 Å². The zero-order valence-corrected chi connectivity index (χ0v) is 18.7. The molecule has 1 aliphatic rings. The monoisotopic (exact) mass is 469 g/mol. The van der Waals surface area contributed by atoms with Crippen LogP contribution in [0.2, 0.25) is 0 Å². The number of rotatable bonds is 5. The van der Waals surface area contributed by atoms with Crippen LogP contribution in [0.1, 0.15) is 11.1 Å².